The molecule has 0 spiro atoms. The van der Waals surface area contributed by atoms with E-state index in [4.69, 9.17) is 0 Å². The van der Waals surface area contributed by atoms with E-state index in [0.29, 0.717) is 23.4 Å². The molecule has 0 amide bonds. The second kappa shape index (κ2) is 15.3. The molecule has 3 aromatic carbocycles. The van der Waals surface area contributed by atoms with Crippen molar-refractivity contribution in [2.24, 2.45) is 4.99 Å². The molecular formula is C39H41FN2O4. The predicted molar refractivity (Wildman–Crippen MR) is 178 cm³/mol. The number of allylic oxidation sites excluding steroid dienone is 2. The summed E-state index contributed by atoms with van der Waals surface area (Å²) in [6.07, 6.45) is 7.33. The van der Waals surface area contributed by atoms with Crippen LogP contribution in [0.4, 0.5) is 4.39 Å². The van der Waals surface area contributed by atoms with E-state index in [1.165, 1.54) is 28.7 Å². The van der Waals surface area contributed by atoms with E-state index in [2.05, 4.69) is 16.4 Å². The molecule has 0 fully saturated rings. The van der Waals surface area contributed by atoms with Crippen molar-refractivity contribution >= 4 is 28.8 Å². The molecule has 0 saturated carbocycles. The number of benzene rings is 3. The van der Waals surface area contributed by atoms with Crippen LogP contribution in [-0.2, 0) is 37.0 Å². The zero-order chi connectivity index (χ0) is 32.6. The number of carbonyl (C=O) groups is 4. The van der Waals surface area contributed by atoms with Crippen LogP contribution in [0.15, 0.2) is 77.2 Å². The number of aliphatic imine (C=N–C) groups is 1. The fourth-order valence-corrected chi connectivity index (χ4v) is 6.44. The van der Waals surface area contributed by atoms with Crippen molar-refractivity contribution < 1.29 is 23.6 Å². The van der Waals surface area contributed by atoms with E-state index >= 15 is 0 Å². The van der Waals surface area contributed by atoms with E-state index in [9.17, 15) is 23.6 Å². The summed E-state index contributed by atoms with van der Waals surface area (Å²) in [4.78, 5) is 53.0. The molecule has 7 heteroatoms. The van der Waals surface area contributed by atoms with Crippen LogP contribution >= 0.6 is 0 Å². The third kappa shape index (κ3) is 8.07. The largest absolute Gasteiger partial charge is 0.316 e. The third-order valence-corrected chi connectivity index (χ3v) is 8.92. The van der Waals surface area contributed by atoms with Gasteiger partial charge in [-0.15, -0.1) is 0 Å². The lowest BCUT2D eigenvalue weighted by Gasteiger charge is -2.08. The van der Waals surface area contributed by atoms with Gasteiger partial charge >= 0.3 is 0 Å². The number of fused-ring (bicyclic) bond motifs is 2. The molecule has 1 N–H and O–H groups in total. The first-order chi connectivity index (χ1) is 22.2. The second-order valence-corrected chi connectivity index (χ2v) is 12.3. The van der Waals surface area contributed by atoms with E-state index in [-0.39, 0.29) is 60.9 Å². The van der Waals surface area contributed by atoms with Crippen LogP contribution in [0, 0.1) is 0 Å². The number of halogens is 1. The Morgan fingerprint density at radius 2 is 1.22 bits per heavy atom. The molecule has 6 nitrogen and oxygen atoms in total. The summed E-state index contributed by atoms with van der Waals surface area (Å²) < 4.78 is 13.5. The zero-order valence-corrected chi connectivity index (χ0v) is 26.7. The Bertz CT molecular complexity index is 1740. The number of rotatable bonds is 12. The number of nitrogens with zero attached hydrogens (tertiary/aromatic N) is 1. The molecule has 0 radical (unpaired) electrons. The Hall–Kier alpha value is -4.36. The first kappa shape index (κ1) is 33.0. The van der Waals surface area contributed by atoms with Gasteiger partial charge < -0.3 is 5.32 Å². The van der Waals surface area contributed by atoms with E-state index in [0.717, 1.165) is 43.2 Å². The lowest BCUT2D eigenvalue weighted by Crippen LogP contribution is -2.12. The molecule has 0 bridgehead atoms. The summed E-state index contributed by atoms with van der Waals surface area (Å²) in [7, 11) is 1.86. The smallest absolute Gasteiger partial charge is 0.184 e. The number of hydrogen-bond acceptors (Lipinski definition) is 6. The Labute approximate surface area is 270 Å². The molecule has 6 rings (SSSR count). The molecule has 2 aliphatic carbocycles. The standard InChI is InChI=1S/C21H23NO2.C18H18FNO2/c1-22-14-18-5-2-3-8-19(18)21(24)12-11-20(23)17-10-9-15-6-4-7-16(15)13-17;1-11-9-15(19)18(20-11)17(22)8-7-16(21)14-6-5-12-3-2-4-13(12)10-14/h2-3,5,8-10,13,22H,4,6-7,11-12,14H2,1H3;5-6,10H,2-4,7-9H2,1H3. The van der Waals surface area contributed by atoms with Crippen molar-refractivity contribution in [2.75, 3.05) is 7.05 Å². The first-order valence-corrected chi connectivity index (χ1v) is 16.2. The van der Waals surface area contributed by atoms with Crippen molar-refractivity contribution in [3.63, 3.8) is 0 Å². The van der Waals surface area contributed by atoms with Gasteiger partial charge in [0.1, 0.15) is 11.5 Å². The van der Waals surface area contributed by atoms with Crippen LogP contribution in [0.2, 0.25) is 0 Å². The molecule has 0 saturated heterocycles. The first-order valence-electron chi connectivity index (χ1n) is 16.2. The molecule has 1 heterocycles. The molecule has 0 aromatic heterocycles. The van der Waals surface area contributed by atoms with Gasteiger partial charge in [-0.1, -0.05) is 48.5 Å². The van der Waals surface area contributed by atoms with Gasteiger partial charge in [-0.3, -0.25) is 24.2 Å². The maximum absolute atomic E-state index is 13.5. The highest BCUT2D eigenvalue weighted by molar-refractivity contribution is 6.05. The molecule has 238 valence electrons. The van der Waals surface area contributed by atoms with Crippen molar-refractivity contribution in [2.45, 2.75) is 84.1 Å². The summed E-state index contributed by atoms with van der Waals surface area (Å²) in [5, 5.41) is 3.07. The highest BCUT2D eigenvalue weighted by Gasteiger charge is 2.23. The Morgan fingerprint density at radius 3 is 1.76 bits per heavy atom. The van der Waals surface area contributed by atoms with Crippen molar-refractivity contribution in [3.8, 4) is 0 Å². The average molecular weight is 621 g/mol. The lowest BCUT2D eigenvalue weighted by molar-refractivity contribution is -0.115. The minimum Gasteiger partial charge on any atom is -0.316 e. The number of hydrogen-bond donors (Lipinski definition) is 1. The van der Waals surface area contributed by atoms with Crippen LogP contribution in [0.5, 0.6) is 0 Å². The summed E-state index contributed by atoms with van der Waals surface area (Å²) >= 11 is 0. The van der Waals surface area contributed by atoms with Crippen LogP contribution < -0.4 is 5.32 Å². The van der Waals surface area contributed by atoms with Crippen LogP contribution in [0.3, 0.4) is 0 Å². The minimum atomic E-state index is -0.479. The number of aryl methyl sites for hydroxylation is 4. The van der Waals surface area contributed by atoms with Gasteiger partial charge in [0.15, 0.2) is 23.1 Å². The average Bonchev–Trinajstić information content (AvgIpc) is 3.81. The molecular weight excluding hydrogens is 579 g/mol. The van der Waals surface area contributed by atoms with Gasteiger partial charge in [-0.2, -0.15) is 0 Å². The highest BCUT2D eigenvalue weighted by Crippen LogP contribution is 2.26. The van der Waals surface area contributed by atoms with Gasteiger partial charge in [-0.05, 0) is 92.4 Å². The van der Waals surface area contributed by atoms with Gasteiger partial charge in [-0.25, -0.2) is 4.39 Å². The zero-order valence-electron chi connectivity index (χ0n) is 26.7. The predicted octanol–water partition coefficient (Wildman–Crippen LogP) is 7.49. The summed E-state index contributed by atoms with van der Waals surface area (Å²) in [6, 6.07) is 19.4. The normalized spacial score (nSPS) is 14.7. The van der Waals surface area contributed by atoms with Crippen molar-refractivity contribution in [1.82, 2.24) is 5.32 Å². The molecule has 1 aliphatic heterocycles. The minimum absolute atomic E-state index is 0.00938. The van der Waals surface area contributed by atoms with E-state index in [1.807, 2.05) is 61.6 Å². The van der Waals surface area contributed by atoms with Gasteiger partial charge in [0, 0.05) is 61.1 Å². The van der Waals surface area contributed by atoms with Gasteiger partial charge in [0.05, 0.1) is 0 Å². The number of Topliss-reactive ketones (excluding diaryl/α,β-unsaturated/α-hetero) is 4. The highest BCUT2D eigenvalue weighted by atomic mass is 19.1. The molecule has 3 aromatic rings. The number of carbonyl (C=O) groups excluding carboxylic acids is 4. The molecule has 0 atom stereocenters. The molecule has 3 aliphatic rings. The fraction of sp³-hybridized carbons (Fsp3) is 0.359. The fourth-order valence-electron chi connectivity index (χ4n) is 6.44. The molecule has 46 heavy (non-hydrogen) atoms. The third-order valence-electron chi connectivity index (χ3n) is 8.92. The maximum Gasteiger partial charge on any atom is 0.184 e. The van der Waals surface area contributed by atoms with E-state index in [1.54, 1.807) is 6.92 Å². The maximum atomic E-state index is 13.5. The second-order valence-electron chi connectivity index (χ2n) is 12.3. The van der Waals surface area contributed by atoms with E-state index < -0.39 is 5.83 Å². The Balaban J connectivity index is 0.000000182. The van der Waals surface area contributed by atoms with Gasteiger partial charge in [0.25, 0.3) is 0 Å². The summed E-state index contributed by atoms with van der Waals surface area (Å²) in [5.74, 6) is -0.835. The van der Waals surface area contributed by atoms with Crippen molar-refractivity contribution in [1.29, 1.82) is 0 Å². The monoisotopic (exact) mass is 620 g/mol. The Morgan fingerprint density at radius 1 is 0.696 bits per heavy atom. The lowest BCUT2D eigenvalue weighted by atomic mass is 9.97. The summed E-state index contributed by atoms with van der Waals surface area (Å²) in [5.41, 5.74) is 8.81. The SMILES string of the molecule is CC1=NC(C(=O)CCC(=O)c2ccc3c(c2)CCC3)=C(F)C1.CNCc1ccccc1C(=O)CCC(=O)c1ccc2c(c1)CCC2. The topological polar surface area (TPSA) is 92.7 Å². The van der Waals surface area contributed by atoms with Crippen LogP contribution in [0.1, 0.15) is 111 Å². The van der Waals surface area contributed by atoms with Gasteiger partial charge in [0.2, 0.25) is 0 Å². The van der Waals surface area contributed by atoms with Crippen LogP contribution in [-0.4, -0.2) is 35.9 Å². The number of nitrogens with one attached hydrogen (secondary N) is 1. The summed E-state index contributed by atoms with van der Waals surface area (Å²) in [6.45, 7) is 2.34. The quantitative estimate of drug-likeness (QED) is 0.212. The Kier molecular flexibility index (Phi) is 11.0. The van der Waals surface area contributed by atoms with Crippen molar-refractivity contribution in [3.05, 3.63) is 117 Å². The van der Waals surface area contributed by atoms with Crippen LogP contribution in [0.25, 0.3) is 0 Å². The number of ketones is 4. The molecule has 0 unspecified atom stereocenters.